The Morgan fingerprint density at radius 3 is 1.14 bits per heavy atom. The van der Waals surface area contributed by atoms with Gasteiger partial charge in [0.05, 0.1) is 0 Å². The van der Waals surface area contributed by atoms with Crippen molar-refractivity contribution in [1.82, 2.24) is 0 Å². The maximum Gasteiger partial charge on any atom is 0.313 e. The first kappa shape index (κ1) is 33.9. The first-order valence-electron chi connectivity index (χ1n) is 15.6. The van der Waals surface area contributed by atoms with Gasteiger partial charge in [0, 0.05) is 12.8 Å². The fourth-order valence-corrected chi connectivity index (χ4v) is 4.49. The van der Waals surface area contributed by atoms with Gasteiger partial charge in [-0.3, -0.25) is 9.59 Å². The number of esters is 2. The van der Waals surface area contributed by atoms with E-state index in [4.69, 9.17) is 4.74 Å². The number of ether oxygens (including phenoxy) is 1. The summed E-state index contributed by atoms with van der Waals surface area (Å²) < 4.78 is 4.97. The van der Waals surface area contributed by atoms with E-state index < -0.39 is 0 Å². The van der Waals surface area contributed by atoms with E-state index in [2.05, 4.69) is 26.0 Å². The molecule has 3 nitrogen and oxygen atoms in total. The molecule has 0 aromatic carbocycles. The molecule has 0 heterocycles. The largest absolute Gasteiger partial charge is 0.393 e. The van der Waals surface area contributed by atoms with Gasteiger partial charge >= 0.3 is 11.9 Å². The van der Waals surface area contributed by atoms with E-state index >= 15 is 0 Å². The molecule has 0 amide bonds. The average Bonchev–Trinajstić information content (AvgIpc) is 2.85. The zero-order valence-corrected chi connectivity index (χ0v) is 23.8. The second-order valence-corrected chi connectivity index (χ2v) is 10.5. The minimum absolute atomic E-state index is 0.334. The second kappa shape index (κ2) is 29.1. The van der Waals surface area contributed by atoms with Crippen LogP contribution >= 0.6 is 0 Å². The highest BCUT2D eigenvalue weighted by molar-refractivity contribution is 5.85. The van der Waals surface area contributed by atoms with E-state index in [9.17, 15) is 9.59 Å². The minimum atomic E-state index is -0.338. The molecule has 0 bridgehead atoms. The fourth-order valence-electron chi connectivity index (χ4n) is 4.49. The molecular formula is C32H60O3. The Balaban J connectivity index is 3.31. The van der Waals surface area contributed by atoms with Crippen LogP contribution in [0, 0.1) is 0 Å². The number of allylic oxidation sites excluding steroid dienone is 2. The molecule has 0 atom stereocenters. The first-order chi connectivity index (χ1) is 17.2. The number of carbonyl (C=O) groups is 2. The van der Waals surface area contributed by atoms with Crippen molar-refractivity contribution in [3.05, 3.63) is 12.2 Å². The third-order valence-corrected chi connectivity index (χ3v) is 6.85. The molecule has 0 aromatic rings. The van der Waals surface area contributed by atoms with E-state index in [0.29, 0.717) is 12.8 Å². The highest BCUT2D eigenvalue weighted by Gasteiger charge is 2.09. The molecule has 0 rings (SSSR count). The van der Waals surface area contributed by atoms with Crippen molar-refractivity contribution >= 4 is 11.9 Å². The predicted octanol–water partition coefficient (Wildman–Crippen LogP) is 10.8. The molecule has 0 unspecified atom stereocenters. The molecule has 0 aliphatic heterocycles. The lowest BCUT2D eigenvalue weighted by atomic mass is 10.0. The highest BCUT2D eigenvalue weighted by Crippen LogP contribution is 2.14. The van der Waals surface area contributed by atoms with Gasteiger partial charge in [-0.1, -0.05) is 148 Å². The zero-order chi connectivity index (χ0) is 25.7. The van der Waals surface area contributed by atoms with E-state index in [1.165, 1.54) is 122 Å². The summed E-state index contributed by atoms with van der Waals surface area (Å²) in [5, 5.41) is 0. The van der Waals surface area contributed by atoms with Gasteiger partial charge in [0.2, 0.25) is 0 Å². The van der Waals surface area contributed by atoms with Crippen molar-refractivity contribution in [2.45, 2.75) is 181 Å². The summed E-state index contributed by atoms with van der Waals surface area (Å²) in [4.78, 5) is 23.7. The van der Waals surface area contributed by atoms with Crippen LogP contribution in [-0.4, -0.2) is 11.9 Å². The Morgan fingerprint density at radius 2 is 0.743 bits per heavy atom. The van der Waals surface area contributed by atoms with E-state index in [1.807, 2.05) is 0 Å². The van der Waals surface area contributed by atoms with Crippen molar-refractivity contribution < 1.29 is 14.3 Å². The maximum absolute atomic E-state index is 11.8. The Bertz CT molecular complexity index is 483. The van der Waals surface area contributed by atoms with Crippen LogP contribution in [0.15, 0.2) is 12.2 Å². The van der Waals surface area contributed by atoms with Crippen LogP contribution in [0.2, 0.25) is 0 Å². The number of rotatable bonds is 27. The number of hydrogen-bond donors (Lipinski definition) is 0. The SMILES string of the molecule is CCCC/C=C\CCCCCCCC(=O)OC(=O)CCCCCCCCCCCCCCCCC. The molecular weight excluding hydrogens is 432 g/mol. The van der Waals surface area contributed by atoms with Crippen LogP contribution in [0.3, 0.4) is 0 Å². The van der Waals surface area contributed by atoms with Crippen molar-refractivity contribution in [1.29, 1.82) is 0 Å². The van der Waals surface area contributed by atoms with Gasteiger partial charge in [-0.05, 0) is 32.1 Å². The van der Waals surface area contributed by atoms with E-state index in [1.54, 1.807) is 0 Å². The first-order valence-corrected chi connectivity index (χ1v) is 15.6. The van der Waals surface area contributed by atoms with Gasteiger partial charge in [-0.15, -0.1) is 0 Å². The molecule has 0 aromatic heterocycles. The molecule has 0 aliphatic rings. The van der Waals surface area contributed by atoms with Gasteiger partial charge in [-0.2, -0.15) is 0 Å². The smallest absolute Gasteiger partial charge is 0.313 e. The topological polar surface area (TPSA) is 43.4 Å². The quantitative estimate of drug-likeness (QED) is 0.0495. The minimum Gasteiger partial charge on any atom is -0.393 e. The molecule has 206 valence electrons. The van der Waals surface area contributed by atoms with E-state index in [-0.39, 0.29) is 11.9 Å². The Kier molecular flexibility index (Phi) is 28.2. The van der Waals surface area contributed by atoms with Crippen LogP contribution in [-0.2, 0) is 14.3 Å². The molecule has 0 radical (unpaired) electrons. The van der Waals surface area contributed by atoms with Crippen molar-refractivity contribution in [3.63, 3.8) is 0 Å². The molecule has 3 heteroatoms. The molecule has 0 saturated heterocycles. The third kappa shape index (κ3) is 29.0. The lowest BCUT2D eigenvalue weighted by molar-refractivity contribution is -0.159. The van der Waals surface area contributed by atoms with Crippen molar-refractivity contribution in [3.8, 4) is 0 Å². The summed E-state index contributed by atoms with van der Waals surface area (Å²) in [6.07, 6.45) is 35.4. The summed E-state index contributed by atoms with van der Waals surface area (Å²) in [7, 11) is 0. The van der Waals surface area contributed by atoms with Gasteiger partial charge in [0.15, 0.2) is 0 Å². The summed E-state index contributed by atoms with van der Waals surface area (Å²) >= 11 is 0. The zero-order valence-electron chi connectivity index (χ0n) is 23.8. The normalized spacial score (nSPS) is 11.4. The second-order valence-electron chi connectivity index (χ2n) is 10.5. The Labute approximate surface area is 219 Å². The van der Waals surface area contributed by atoms with Gasteiger partial charge in [-0.25, -0.2) is 0 Å². The third-order valence-electron chi connectivity index (χ3n) is 6.85. The van der Waals surface area contributed by atoms with Crippen LogP contribution in [0.4, 0.5) is 0 Å². The van der Waals surface area contributed by atoms with Crippen molar-refractivity contribution in [2.24, 2.45) is 0 Å². The molecule has 0 aliphatic carbocycles. The fraction of sp³-hybridized carbons (Fsp3) is 0.875. The molecule has 35 heavy (non-hydrogen) atoms. The molecule has 0 fully saturated rings. The molecule has 0 N–H and O–H groups in total. The number of unbranched alkanes of at least 4 members (excludes halogenated alkanes) is 21. The lowest BCUT2D eigenvalue weighted by Gasteiger charge is -2.04. The van der Waals surface area contributed by atoms with Crippen LogP contribution in [0.25, 0.3) is 0 Å². The van der Waals surface area contributed by atoms with Gasteiger partial charge < -0.3 is 4.74 Å². The Hall–Kier alpha value is -1.12. The predicted molar refractivity (Wildman–Crippen MR) is 152 cm³/mol. The van der Waals surface area contributed by atoms with Crippen LogP contribution in [0.5, 0.6) is 0 Å². The lowest BCUT2D eigenvalue weighted by Crippen LogP contribution is -2.11. The molecule has 0 saturated carbocycles. The van der Waals surface area contributed by atoms with Crippen LogP contribution < -0.4 is 0 Å². The number of carbonyl (C=O) groups excluding carboxylic acids is 2. The monoisotopic (exact) mass is 492 g/mol. The van der Waals surface area contributed by atoms with Crippen molar-refractivity contribution in [2.75, 3.05) is 0 Å². The van der Waals surface area contributed by atoms with Gasteiger partial charge in [0.25, 0.3) is 0 Å². The number of hydrogen-bond acceptors (Lipinski definition) is 3. The molecule has 0 spiro atoms. The highest BCUT2D eigenvalue weighted by atomic mass is 16.6. The summed E-state index contributed by atoms with van der Waals surface area (Å²) in [6.45, 7) is 4.50. The van der Waals surface area contributed by atoms with E-state index in [0.717, 1.165) is 32.1 Å². The average molecular weight is 493 g/mol. The summed E-state index contributed by atoms with van der Waals surface area (Å²) in [5.74, 6) is -0.672. The Morgan fingerprint density at radius 1 is 0.429 bits per heavy atom. The summed E-state index contributed by atoms with van der Waals surface area (Å²) in [6, 6.07) is 0. The summed E-state index contributed by atoms with van der Waals surface area (Å²) in [5.41, 5.74) is 0. The van der Waals surface area contributed by atoms with Crippen LogP contribution in [0.1, 0.15) is 181 Å². The van der Waals surface area contributed by atoms with Gasteiger partial charge in [0.1, 0.15) is 0 Å². The standard InChI is InChI=1S/C32H60O3/c1-3-5-7-9-11-13-15-16-17-18-20-22-24-26-28-30-32(34)35-31(33)29-27-25-23-21-19-14-12-10-8-6-4-2/h10,12H,3-9,11,13-30H2,1-2H3/b12-10-. The maximum atomic E-state index is 11.8.